The first-order valence-corrected chi connectivity index (χ1v) is 7.51. The van der Waals surface area contributed by atoms with Crippen molar-refractivity contribution in [2.45, 2.75) is 39.3 Å². The number of rotatable bonds is 6. The van der Waals surface area contributed by atoms with Crippen LogP contribution < -0.4 is 11.3 Å². The van der Waals surface area contributed by atoms with Gasteiger partial charge in [-0.3, -0.25) is 20.9 Å². The van der Waals surface area contributed by atoms with Crippen LogP contribution in [0.15, 0.2) is 29.0 Å². The van der Waals surface area contributed by atoms with Crippen molar-refractivity contribution in [1.82, 2.24) is 20.2 Å². The fourth-order valence-corrected chi connectivity index (χ4v) is 2.74. The number of nitrogens with two attached hydrogens (primary N) is 1. The summed E-state index contributed by atoms with van der Waals surface area (Å²) in [6.07, 6.45) is 5.31. The number of pyridine rings is 1. The molecule has 1 unspecified atom stereocenters. The van der Waals surface area contributed by atoms with Crippen molar-refractivity contribution in [3.8, 4) is 0 Å². The highest BCUT2D eigenvalue weighted by Gasteiger charge is 2.17. The van der Waals surface area contributed by atoms with Crippen LogP contribution in [0.5, 0.6) is 0 Å². The van der Waals surface area contributed by atoms with E-state index in [0.29, 0.717) is 0 Å². The molecular weight excluding hydrogens is 318 g/mol. The fraction of sp³-hybridized carbons (Fsp3) is 0.429. The van der Waals surface area contributed by atoms with Gasteiger partial charge in [0.2, 0.25) is 0 Å². The Morgan fingerprint density at radius 1 is 1.45 bits per heavy atom. The summed E-state index contributed by atoms with van der Waals surface area (Å²) in [4.78, 5) is 4.14. The number of aryl methyl sites for hydroxylation is 2. The van der Waals surface area contributed by atoms with Crippen molar-refractivity contribution in [2.75, 3.05) is 0 Å². The van der Waals surface area contributed by atoms with Gasteiger partial charge in [-0.05, 0) is 47.8 Å². The van der Waals surface area contributed by atoms with E-state index in [4.69, 9.17) is 5.84 Å². The van der Waals surface area contributed by atoms with Crippen molar-refractivity contribution in [1.29, 1.82) is 0 Å². The molecular formula is C14H20BrN5. The Balaban J connectivity index is 2.14. The van der Waals surface area contributed by atoms with E-state index in [-0.39, 0.29) is 6.04 Å². The lowest BCUT2D eigenvalue weighted by atomic mass is 10.0. The summed E-state index contributed by atoms with van der Waals surface area (Å²) in [5.41, 5.74) is 6.26. The van der Waals surface area contributed by atoms with Crippen LogP contribution in [-0.4, -0.2) is 20.8 Å². The molecule has 2 aromatic rings. The maximum Gasteiger partial charge on any atom is 0.0738 e. The van der Waals surface area contributed by atoms with Crippen LogP contribution in [0.2, 0.25) is 0 Å². The molecule has 0 aliphatic rings. The van der Waals surface area contributed by atoms with E-state index in [1.165, 1.54) is 11.3 Å². The molecule has 0 amide bonds. The molecule has 2 aromatic heterocycles. The summed E-state index contributed by atoms with van der Waals surface area (Å²) >= 11 is 3.62. The lowest BCUT2D eigenvalue weighted by Crippen LogP contribution is -2.39. The highest BCUT2D eigenvalue weighted by molar-refractivity contribution is 9.10. The van der Waals surface area contributed by atoms with Crippen LogP contribution >= 0.6 is 15.9 Å². The average molecular weight is 338 g/mol. The van der Waals surface area contributed by atoms with Crippen molar-refractivity contribution in [3.05, 3.63) is 46.0 Å². The molecule has 20 heavy (non-hydrogen) atoms. The molecule has 1 atom stereocenters. The van der Waals surface area contributed by atoms with Gasteiger partial charge in [0, 0.05) is 31.4 Å². The molecule has 0 saturated carbocycles. The summed E-state index contributed by atoms with van der Waals surface area (Å²) in [5.74, 6) is 5.70. The molecule has 5 nitrogen and oxygen atoms in total. The van der Waals surface area contributed by atoms with Crippen LogP contribution in [0.25, 0.3) is 0 Å². The second-order valence-corrected chi connectivity index (χ2v) is 5.59. The standard InChI is InChI=1S/C14H20BrN5/c1-3-20-13(14(15)10(2)19-20)8-12(18-16)7-11-5-4-6-17-9-11/h4-6,9,12,18H,3,7-8,16H2,1-2H3. The van der Waals surface area contributed by atoms with E-state index >= 15 is 0 Å². The molecule has 0 spiro atoms. The quantitative estimate of drug-likeness (QED) is 0.624. The number of halogens is 1. The van der Waals surface area contributed by atoms with Gasteiger partial charge < -0.3 is 0 Å². The van der Waals surface area contributed by atoms with Gasteiger partial charge in [-0.1, -0.05) is 6.07 Å². The van der Waals surface area contributed by atoms with Gasteiger partial charge in [0.05, 0.1) is 15.9 Å². The van der Waals surface area contributed by atoms with Gasteiger partial charge >= 0.3 is 0 Å². The number of hydrazine groups is 1. The van der Waals surface area contributed by atoms with Gasteiger partial charge in [-0.15, -0.1) is 0 Å². The second kappa shape index (κ2) is 6.97. The molecule has 0 saturated heterocycles. The van der Waals surface area contributed by atoms with E-state index in [1.54, 1.807) is 6.20 Å². The third-order valence-electron chi connectivity index (χ3n) is 3.33. The predicted octanol–water partition coefficient (Wildman–Crippen LogP) is 1.99. The summed E-state index contributed by atoms with van der Waals surface area (Å²) < 4.78 is 3.10. The Morgan fingerprint density at radius 3 is 2.85 bits per heavy atom. The van der Waals surface area contributed by atoms with Crippen LogP contribution in [-0.2, 0) is 19.4 Å². The molecule has 3 N–H and O–H groups in total. The largest absolute Gasteiger partial charge is 0.271 e. The van der Waals surface area contributed by atoms with Crippen LogP contribution in [0.1, 0.15) is 23.9 Å². The van der Waals surface area contributed by atoms with Gasteiger partial charge in [0.1, 0.15) is 0 Å². The molecule has 0 fully saturated rings. The minimum atomic E-state index is 0.150. The van der Waals surface area contributed by atoms with Crippen molar-refractivity contribution < 1.29 is 0 Å². The molecule has 2 rings (SSSR count). The molecule has 0 aliphatic carbocycles. The van der Waals surface area contributed by atoms with Crippen LogP contribution in [0, 0.1) is 6.92 Å². The number of hydrogen-bond acceptors (Lipinski definition) is 4. The van der Waals surface area contributed by atoms with Crippen molar-refractivity contribution in [3.63, 3.8) is 0 Å². The Bertz CT molecular complexity index is 552. The first-order chi connectivity index (χ1) is 9.65. The van der Waals surface area contributed by atoms with Gasteiger partial charge in [0.15, 0.2) is 0 Å². The number of nitrogens with one attached hydrogen (secondary N) is 1. The lowest BCUT2D eigenvalue weighted by Gasteiger charge is -2.16. The monoisotopic (exact) mass is 337 g/mol. The third-order valence-corrected chi connectivity index (χ3v) is 4.36. The number of nitrogens with zero attached hydrogens (tertiary/aromatic N) is 3. The molecule has 2 heterocycles. The SMILES string of the molecule is CCn1nc(C)c(Br)c1CC(Cc1cccnc1)NN. The highest BCUT2D eigenvalue weighted by atomic mass is 79.9. The molecule has 108 valence electrons. The maximum absolute atomic E-state index is 5.70. The molecule has 0 radical (unpaired) electrons. The first-order valence-electron chi connectivity index (χ1n) is 6.72. The van der Waals surface area contributed by atoms with Gasteiger partial charge in [0.25, 0.3) is 0 Å². The van der Waals surface area contributed by atoms with E-state index in [1.807, 2.05) is 23.9 Å². The van der Waals surface area contributed by atoms with Crippen LogP contribution in [0.4, 0.5) is 0 Å². The lowest BCUT2D eigenvalue weighted by molar-refractivity contribution is 0.494. The second-order valence-electron chi connectivity index (χ2n) is 4.79. The summed E-state index contributed by atoms with van der Waals surface area (Å²) in [5, 5.41) is 4.51. The normalized spacial score (nSPS) is 12.6. The highest BCUT2D eigenvalue weighted by Crippen LogP contribution is 2.22. The van der Waals surface area contributed by atoms with Gasteiger partial charge in [-0.2, -0.15) is 5.10 Å². The first kappa shape index (κ1) is 15.2. The average Bonchev–Trinajstić information content (AvgIpc) is 2.75. The topological polar surface area (TPSA) is 68.8 Å². The van der Waals surface area contributed by atoms with Crippen LogP contribution in [0.3, 0.4) is 0 Å². The Hall–Kier alpha value is -1.24. The number of hydrogen-bond donors (Lipinski definition) is 2. The predicted molar refractivity (Wildman–Crippen MR) is 83.1 cm³/mol. The smallest absolute Gasteiger partial charge is 0.0738 e. The number of aromatic nitrogens is 3. The Labute approximate surface area is 127 Å². The fourth-order valence-electron chi connectivity index (χ4n) is 2.29. The molecule has 0 bridgehead atoms. The molecule has 6 heteroatoms. The molecule has 0 aromatic carbocycles. The zero-order valence-electron chi connectivity index (χ0n) is 11.8. The minimum Gasteiger partial charge on any atom is -0.271 e. The van der Waals surface area contributed by atoms with Gasteiger partial charge in [-0.25, -0.2) is 0 Å². The summed E-state index contributed by atoms with van der Waals surface area (Å²) in [6, 6.07) is 4.16. The summed E-state index contributed by atoms with van der Waals surface area (Å²) in [7, 11) is 0. The third kappa shape index (κ3) is 3.45. The Morgan fingerprint density at radius 2 is 2.25 bits per heavy atom. The zero-order chi connectivity index (χ0) is 14.5. The van der Waals surface area contributed by atoms with E-state index in [0.717, 1.165) is 29.6 Å². The van der Waals surface area contributed by atoms with Crippen molar-refractivity contribution in [2.24, 2.45) is 5.84 Å². The maximum atomic E-state index is 5.70. The minimum absolute atomic E-state index is 0.150. The molecule has 0 aliphatic heterocycles. The van der Waals surface area contributed by atoms with Crippen molar-refractivity contribution >= 4 is 15.9 Å². The zero-order valence-corrected chi connectivity index (χ0v) is 13.4. The summed E-state index contributed by atoms with van der Waals surface area (Å²) in [6.45, 7) is 4.95. The van der Waals surface area contributed by atoms with E-state index in [9.17, 15) is 0 Å². The van der Waals surface area contributed by atoms with E-state index in [2.05, 4.69) is 44.4 Å². The Kier molecular flexibility index (Phi) is 5.28. The van der Waals surface area contributed by atoms with E-state index < -0.39 is 0 Å².